The Hall–Kier alpha value is -0.680. The average molecular weight is 377 g/mol. The van der Waals surface area contributed by atoms with E-state index in [9.17, 15) is 5.11 Å². The zero-order valence-electron chi connectivity index (χ0n) is 15.8. The lowest BCUT2D eigenvalue weighted by atomic mass is 9.74. The number of fused-ring (bicyclic) bond motifs is 2. The Kier molecular flexibility index (Phi) is 4.39. The number of hydrogen-bond acceptors (Lipinski definition) is 3. The SMILES string of the molecule is Cc1cscc1C(O)(CC1CC2CCC(C1)[N+]2(C)C)c1cscc1C. The molecular weight excluding hydrogens is 346 g/mol. The normalized spacial score (nSPS) is 28.4. The summed E-state index contributed by atoms with van der Waals surface area (Å²) in [5, 5.41) is 20.7. The molecule has 2 aliphatic heterocycles. The Labute approximate surface area is 159 Å². The second-order valence-electron chi connectivity index (χ2n) is 8.85. The van der Waals surface area contributed by atoms with Gasteiger partial charge in [0.15, 0.2) is 0 Å². The fourth-order valence-electron chi connectivity index (χ4n) is 5.51. The van der Waals surface area contributed by atoms with E-state index in [4.69, 9.17) is 0 Å². The van der Waals surface area contributed by atoms with E-state index >= 15 is 0 Å². The van der Waals surface area contributed by atoms with E-state index in [1.54, 1.807) is 22.7 Å². The number of quaternary nitrogens is 1. The number of thiophene rings is 2. The number of piperidine rings is 1. The molecular formula is C21H30NOS2+. The Balaban J connectivity index is 1.67. The van der Waals surface area contributed by atoms with Crippen molar-refractivity contribution in [1.82, 2.24) is 0 Å². The van der Waals surface area contributed by atoms with Gasteiger partial charge in [0.2, 0.25) is 0 Å². The minimum Gasteiger partial charge on any atom is -0.380 e. The predicted octanol–water partition coefficient (Wildman–Crippen LogP) is 5.07. The fourth-order valence-corrected chi connectivity index (χ4v) is 7.34. The first-order chi connectivity index (χ1) is 11.8. The zero-order chi connectivity index (χ0) is 17.8. The second kappa shape index (κ2) is 6.19. The second-order valence-corrected chi connectivity index (χ2v) is 10.3. The van der Waals surface area contributed by atoms with Crippen LogP contribution in [-0.4, -0.2) is 35.8 Å². The summed E-state index contributed by atoms with van der Waals surface area (Å²) in [6.45, 7) is 4.28. The first-order valence-electron chi connectivity index (χ1n) is 9.44. The maximum Gasteiger partial charge on any atom is 0.117 e. The van der Waals surface area contributed by atoms with E-state index in [2.05, 4.69) is 49.5 Å². The maximum atomic E-state index is 12.0. The van der Waals surface area contributed by atoms with Gasteiger partial charge in [0.1, 0.15) is 5.60 Å². The molecule has 4 heterocycles. The van der Waals surface area contributed by atoms with Crippen LogP contribution in [0.15, 0.2) is 21.5 Å². The standard InChI is InChI=1S/C21H30NOS2/c1-14-10-24-12-19(14)21(23,20-13-25-11-15(20)2)9-16-7-17-5-6-18(8-16)22(17,3)4/h10-13,16-18,23H,5-9H2,1-4H3/q+1. The molecule has 2 nitrogen and oxygen atoms in total. The highest BCUT2D eigenvalue weighted by Gasteiger charge is 2.50. The molecule has 0 aromatic carbocycles. The van der Waals surface area contributed by atoms with Crippen LogP contribution in [0.4, 0.5) is 0 Å². The van der Waals surface area contributed by atoms with Gasteiger partial charge in [0.05, 0.1) is 26.2 Å². The van der Waals surface area contributed by atoms with E-state index in [0.29, 0.717) is 5.92 Å². The minimum absolute atomic E-state index is 0.618. The molecule has 136 valence electrons. The summed E-state index contributed by atoms with van der Waals surface area (Å²) in [5.74, 6) is 0.618. The summed E-state index contributed by atoms with van der Waals surface area (Å²) in [4.78, 5) is 0. The van der Waals surface area contributed by atoms with Crippen LogP contribution in [0.1, 0.15) is 54.4 Å². The molecule has 2 fully saturated rings. The van der Waals surface area contributed by atoms with Gasteiger partial charge in [0.25, 0.3) is 0 Å². The quantitative estimate of drug-likeness (QED) is 0.739. The van der Waals surface area contributed by atoms with E-state index < -0.39 is 5.60 Å². The van der Waals surface area contributed by atoms with Gasteiger partial charge in [0, 0.05) is 36.8 Å². The van der Waals surface area contributed by atoms with Crippen LogP contribution in [-0.2, 0) is 5.60 Å². The Morgan fingerprint density at radius 1 is 0.960 bits per heavy atom. The van der Waals surface area contributed by atoms with Gasteiger partial charge in [-0.15, -0.1) is 0 Å². The van der Waals surface area contributed by atoms with Crippen LogP contribution in [0.5, 0.6) is 0 Å². The Morgan fingerprint density at radius 3 is 1.84 bits per heavy atom. The molecule has 4 rings (SSSR count). The highest BCUT2D eigenvalue weighted by molar-refractivity contribution is 7.08. The molecule has 0 spiro atoms. The van der Waals surface area contributed by atoms with E-state index in [1.165, 1.54) is 41.3 Å². The Morgan fingerprint density at radius 2 is 1.44 bits per heavy atom. The molecule has 2 unspecified atom stereocenters. The van der Waals surface area contributed by atoms with Crippen molar-refractivity contribution in [3.63, 3.8) is 0 Å². The van der Waals surface area contributed by atoms with Crippen molar-refractivity contribution in [3.8, 4) is 0 Å². The lowest BCUT2D eigenvalue weighted by Crippen LogP contribution is -2.55. The smallest absolute Gasteiger partial charge is 0.117 e. The molecule has 0 saturated carbocycles. The number of aliphatic hydroxyl groups is 1. The molecule has 2 saturated heterocycles. The third-order valence-electron chi connectivity index (χ3n) is 7.11. The number of hydrogen-bond donors (Lipinski definition) is 1. The summed E-state index contributed by atoms with van der Waals surface area (Å²) in [5.41, 5.74) is 3.89. The first kappa shape index (κ1) is 17.7. The van der Waals surface area contributed by atoms with Crippen molar-refractivity contribution < 1.29 is 9.59 Å². The molecule has 1 N–H and O–H groups in total. The van der Waals surface area contributed by atoms with Gasteiger partial charge in [-0.3, -0.25) is 0 Å². The van der Waals surface area contributed by atoms with Crippen LogP contribution >= 0.6 is 22.7 Å². The molecule has 0 radical (unpaired) electrons. The molecule has 2 bridgehead atoms. The monoisotopic (exact) mass is 376 g/mol. The highest BCUT2D eigenvalue weighted by atomic mass is 32.1. The minimum atomic E-state index is -0.827. The lowest BCUT2D eigenvalue weighted by molar-refractivity contribution is -0.931. The number of nitrogens with zero attached hydrogens (tertiary/aromatic N) is 1. The predicted molar refractivity (Wildman–Crippen MR) is 107 cm³/mol. The van der Waals surface area contributed by atoms with Crippen molar-refractivity contribution >= 4 is 22.7 Å². The van der Waals surface area contributed by atoms with Gasteiger partial charge >= 0.3 is 0 Å². The summed E-state index contributed by atoms with van der Waals surface area (Å²) in [7, 11) is 4.83. The van der Waals surface area contributed by atoms with Gasteiger partial charge < -0.3 is 9.59 Å². The summed E-state index contributed by atoms with van der Waals surface area (Å²) in [6.07, 6.45) is 6.12. The van der Waals surface area contributed by atoms with Gasteiger partial charge in [-0.2, -0.15) is 22.7 Å². The van der Waals surface area contributed by atoms with Gasteiger partial charge in [-0.25, -0.2) is 0 Å². The number of aryl methyl sites for hydroxylation is 2. The lowest BCUT2D eigenvalue weighted by Gasteiger charge is -2.46. The molecule has 25 heavy (non-hydrogen) atoms. The summed E-state index contributed by atoms with van der Waals surface area (Å²) < 4.78 is 1.20. The van der Waals surface area contributed by atoms with E-state index in [0.717, 1.165) is 29.6 Å². The topological polar surface area (TPSA) is 20.2 Å². The molecule has 0 amide bonds. The van der Waals surface area contributed by atoms with Crippen molar-refractivity contribution in [2.75, 3.05) is 14.1 Å². The average Bonchev–Trinajstić information content (AvgIpc) is 3.18. The van der Waals surface area contributed by atoms with Crippen LogP contribution in [0.2, 0.25) is 0 Å². The molecule has 4 heteroatoms. The van der Waals surface area contributed by atoms with Crippen molar-refractivity contribution in [1.29, 1.82) is 0 Å². The zero-order valence-corrected chi connectivity index (χ0v) is 17.4. The largest absolute Gasteiger partial charge is 0.380 e. The molecule has 2 aromatic heterocycles. The maximum absolute atomic E-state index is 12.0. The van der Waals surface area contributed by atoms with Crippen LogP contribution in [0.3, 0.4) is 0 Å². The van der Waals surface area contributed by atoms with Crippen molar-refractivity contribution in [2.45, 2.75) is 63.6 Å². The van der Waals surface area contributed by atoms with E-state index in [-0.39, 0.29) is 0 Å². The third kappa shape index (κ3) is 2.82. The van der Waals surface area contributed by atoms with E-state index in [1.807, 2.05) is 0 Å². The molecule has 0 aliphatic carbocycles. The van der Waals surface area contributed by atoms with Crippen LogP contribution in [0.25, 0.3) is 0 Å². The first-order valence-corrected chi connectivity index (χ1v) is 11.3. The fraction of sp³-hybridized carbons (Fsp3) is 0.619. The van der Waals surface area contributed by atoms with Crippen LogP contribution < -0.4 is 0 Å². The molecule has 2 aromatic rings. The summed E-state index contributed by atoms with van der Waals surface area (Å²) in [6, 6.07) is 1.56. The number of rotatable bonds is 4. The van der Waals surface area contributed by atoms with Crippen molar-refractivity contribution in [3.05, 3.63) is 43.8 Å². The summed E-state index contributed by atoms with van der Waals surface area (Å²) >= 11 is 3.42. The van der Waals surface area contributed by atoms with Crippen molar-refractivity contribution in [2.24, 2.45) is 5.92 Å². The van der Waals surface area contributed by atoms with Gasteiger partial charge in [-0.05, 0) is 58.8 Å². The highest BCUT2D eigenvalue weighted by Crippen LogP contribution is 2.48. The third-order valence-corrected chi connectivity index (χ3v) is 8.84. The van der Waals surface area contributed by atoms with Crippen LogP contribution in [0, 0.1) is 19.8 Å². The Bertz CT molecular complexity index is 703. The van der Waals surface area contributed by atoms with Gasteiger partial charge in [-0.1, -0.05) is 0 Å². The molecule has 2 aliphatic rings. The molecule has 2 atom stereocenters.